The molecule has 26 heavy (non-hydrogen) atoms. The third-order valence-electron chi connectivity index (χ3n) is 4.75. The van der Waals surface area contributed by atoms with Crippen LogP contribution in [0.1, 0.15) is 24.0 Å². The van der Waals surface area contributed by atoms with Crippen LogP contribution in [-0.2, 0) is 4.79 Å². The van der Waals surface area contributed by atoms with E-state index in [0.29, 0.717) is 16.5 Å². The van der Waals surface area contributed by atoms with Gasteiger partial charge >= 0.3 is 0 Å². The molecular weight excluding hydrogens is 348 g/mol. The van der Waals surface area contributed by atoms with Crippen LogP contribution in [-0.4, -0.2) is 30.5 Å². The average molecular weight is 372 g/mol. The summed E-state index contributed by atoms with van der Waals surface area (Å²) >= 11 is 6.00. The number of carbonyl (C=O) groups excluding carboxylic acids is 1. The summed E-state index contributed by atoms with van der Waals surface area (Å²) in [6.07, 6.45) is 5.75. The van der Waals surface area contributed by atoms with E-state index >= 15 is 0 Å². The molecule has 5 nitrogen and oxygen atoms in total. The number of hydrogen-bond acceptors (Lipinski definition) is 3. The first-order chi connectivity index (χ1) is 12.6. The first-order valence-corrected chi connectivity index (χ1v) is 9.27. The van der Waals surface area contributed by atoms with E-state index in [0.717, 1.165) is 49.3 Å². The fourth-order valence-electron chi connectivity index (χ4n) is 3.34. The van der Waals surface area contributed by atoms with Crippen molar-refractivity contribution in [2.75, 3.05) is 19.6 Å². The smallest absolute Gasteiger partial charge is 0.255 e. The van der Waals surface area contributed by atoms with Gasteiger partial charge in [0.15, 0.2) is 5.70 Å². The Morgan fingerprint density at radius 3 is 2.38 bits per heavy atom. The normalized spacial score (nSPS) is 16.2. The highest BCUT2D eigenvalue weighted by Gasteiger charge is 2.23. The molecule has 2 heterocycles. The highest BCUT2D eigenvalue weighted by molar-refractivity contribution is 6.31. The number of halogens is 1. The van der Waals surface area contributed by atoms with Gasteiger partial charge in [0.25, 0.3) is 5.91 Å². The quantitative estimate of drug-likeness (QED) is 0.675. The Hall–Kier alpha value is -2.21. The van der Waals surface area contributed by atoms with E-state index < -0.39 is 5.91 Å². The second kappa shape index (κ2) is 8.94. The van der Waals surface area contributed by atoms with Gasteiger partial charge in [0.1, 0.15) is 5.57 Å². The summed E-state index contributed by atoms with van der Waals surface area (Å²) in [6, 6.07) is 11.0. The largest absolute Gasteiger partial charge is 0.365 e. The number of primary amides is 1. The van der Waals surface area contributed by atoms with E-state index in [9.17, 15) is 4.79 Å². The number of nitrogens with zero attached hydrogens (tertiary/aromatic N) is 1. The van der Waals surface area contributed by atoms with Gasteiger partial charge in [-0.25, -0.2) is 0 Å². The minimum Gasteiger partial charge on any atom is -0.365 e. The second-order valence-electron chi connectivity index (χ2n) is 6.53. The molecule has 0 unspecified atom stereocenters. The van der Waals surface area contributed by atoms with E-state index in [1.54, 1.807) is 24.5 Å². The maximum Gasteiger partial charge on any atom is 0.255 e. The third kappa shape index (κ3) is 4.69. The molecule has 5 N–H and O–H groups in total. The number of benzene rings is 1. The van der Waals surface area contributed by atoms with E-state index in [2.05, 4.69) is 15.6 Å². The molecule has 0 atom stereocenters. The molecule has 1 fully saturated rings. The third-order valence-corrected chi connectivity index (χ3v) is 5.01. The highest BCUT2D eigenvalue weighted by atomic mass is 35.5. The van der Waals surface area contributed by atoms with Crippen LogP contribution in [0.2, 0.25) is 5.02 Å². The van der Waals surface area contributed by atoms with Crippen molar-refractivity contribution in [3.05, 3.63) is 64.9 Å². The maximum atomic E-state index is 12.3. The number of amides is 1. The van der Waals surface area contributed by atoms with Crippen molar-refractivity contribution in [3.63, 3.8) is 0 Å². The van der Waals surface area contributed by atoms with Gasteiger partial charge in [0, 0.05) is 28.9 Å². The first-order valence-electron chi connectivity index (χ1n) is 8.89. The summed E-state index contributed by atoms with van der Waals surface area (Å²) in [5.41, 5.74) is 8.87. The van der Waals surface area contributed by atoms with Crippen molar-refractivity contribution >= 4 is 28.8 Å². The molecule has 1 aliphatic rings. The molecule has 1 saturated heterocycles. The van der Waals surface area contributed by atoms with Crippen LogP contribution in [0.5, 0.6) is 0 Å². The van der Waals surface area contributed by atoms with Crippen molar-refractivity contribution in [1.82, 2.24) is 10.3 Å². The first kappa shape index (κ1) is 18.6. The second-order valence-corrected chi connectivity index (χ2v) is 6.97. The number of nitrogens with one attached hydrogen (secondary N) is 1. The van der Waals surface area contributed by atoms with Gasteiger partial charge in [-0.05, 0) is 55.8 Å². The topological polar surface area (TPSA) is 84.6 Å². The Morgan fingerprint density at radius 1 is 1.12 bits per heavy atom. The minimum absolute atomic E-state index is 0.444. The average Bonchev–Trinajstić information content (AvgIpc) is 2.67. The molecular formula is C20H24ClN4O+. The fraction of sp³-hybridized carbons (Fsp3) is 0.300. The number of quaternary nitrogens is 1. The number of aromatic nitrogens is 1. The number of rotatable bonds is 6. The number of carbonyl (C=O) groups is 1. The van der Waals surface area contributed by atoms with Crippen LogP contribution >= 0.6 is 11.6 Å². The van der Waals surface area contributed by atoms with Crippen molar-refractivity contribution in [2.45, 2.75) is 12.8 Å². The van der Waals surface area contributed by atoms with Gasteiger partial charge < -0.3 is 16.4 Å². The lowest BCUT2D eigenvalue weighted by atomic mass is 9.96. The van der Waals surface area contributed by atoms with Crippen molar-refractivity contribution in [3.8, 4) is 0 Å². The monoisotopic (exact) mass is 371 g/mol. The standard InChI is InChI=1S/C20H23ClN4O/c21-17-3-1-15(2-4-17)18(20(22)26)19(16-7-11-24-12-8-16)25-13-14-5-9-23-10-6-14/h1-4,7-8,11-12,14,23,25H,5-6,9-10,13H2,(H2,22,26)/p+1. The molecule has 1 aromatic carbocycles. The predicted molar refractivity (Wildman–Crippen MR) is 104 cm³/mol. The van der Waals surface area contributed by atoms with Gasteiger partial charge in [-0.3, -0.25) is 9.78 Å². The zero-order valence-electron chi connectivity index (χ0n) is 14.6. The lowest BCUT2D eigenvalue weighted by Crippen LogP contribution is -2.83. The van der Waals surface area contributed by atoms with Gasteiger partial charge in [0.2, 0.25) is 0 Å². The Kier molecular flexibility index (Phi) is 6.39. The molecule has 0 radical (unpaired) electrons. The summed E-state index contributed by atoms with van der Waals surface area (Å²) < 4.78 is 0. The number of nitrogens with two attached hydrogens (primary N) is 2. The molecule has 1 aliphatic heterocycles. The molecule has 0 bridgehead atoms. The van der Waals surface area contributed by atoms with Crippen LogP contribution in [0.3, 0.4) is 0 Å². The molecule has 6 heteroatoms. The van der Waals surface area contributed by atoms with E-state index in [1.165, 1.54) is 0 Å². The Morgan fingerprint density at radius 2 is 1.77 bits per heavy atom. The zero-order valence-corrected chi connectivity index (χ0v) is 15.4. The zero-order chi connectivity index (χ0) is 18.4. The maximum absolute atomic E-state index is 12.3. The van der Waals surface area contributed by atoms with Gasteiger partial charge in [-0.15, -0.1) is 0 Å². The Bertz CT molecular complexity index is 768. The van der Waals surface area contributed by atoms with E-state index in [4.69, 9.17) is 17.3 Å². The van der Waals surface area contributed by atoms with Crippen LogP contribution < -0.4 is 16.4 Å². The number of hydrogen-bond donors (Lipinski definition) is 3. The van der Waals surface area contributed by atoms with E-state index in [-0.39, 0.29) is 0 Å². The van der Waals surface area contributed by atoms with Crippen molar-refractivity contribution in [1.29, 1.82) is 0 Å². The number of pyridine rings is 1. The number of piperidine rings is 1. The molecule has 0 saturated carbocycles. The molecule has 0 aliphatic carbocycles. The lowest BCUT2D eigenvalue weighted by Gasteiger charge is -2.22. The summed E-state index contributed by atoms with van der Waals surface area (Å²) in [7, 11) is 0. The summed E-state index contributed by atoms with van der Waals surface area (Å²) in [5.74, 6) is 0.174. The van der Waals surface area contributed by atoms with Crippen LogP contribution in [0, 0.1) is 5.92 Å². The fourth-order valence-corrected chi connectivity index (χ4v) is 3.47. The van der Waals surface area contributed by atoms with Gasteiger partial charge in [0.05, 0.1) is 6.54 Å². The van der Waals surface area contributed by atoms with Crippen LogP contribution in [0.15, 0.2) is 48.8 Å². The molecule has 1 amide bonds. The molecule has 2 aromatic rings. The molecule has 1 aromatic heterocycles. The molecule has 136 valence electrons. The summed E-state index contributed by atoms with van der Waals surface area (Å²) in [6.45, 7) is 3.02. The van der Waals surface area contributed by atoms with Crippen LogP contribution in [0.4, 0.5) is 0 Å². The van der Waals surface area contributed by atoms with Crippen molar-refractivity contribution < 1.29 is 10.1 Å². The Labute approximate surface area is 158 Å². The Balaban J connectivity index is 1.99. The molecule has 3 rings (SSSR count). The highest BCUT2D eigenvalue weighted by Crippen LogP contribution is 2.23. The molecule has 0 spiro atoms. The van der Waals surface area contributed by atoms with Gasteiger partial charge in [-0.2, -0.15) is 0 Å². The summed E-state index contributed by atoms with van der Waals surface area (Å²) in [5, 5.41) is 6.16. The minimum atomic E-state index is -0.444. The van der Waals surface area contributed by atoms with Crippen LogP contribution in [0.25, 0.3) is 11.3 Å². The lowest BCUT2D eigenvalue weighted by molar-refractivity contribution is -0.569. The van der Waals surface area contributed by atoms with Gasteiger partial charge in [-0.1, -0.05) is 23.7 Å². The van der Waals surface area contributed by atoms with Crippen molar-refractivity contribution in [2.24, 2.45) is 11.7 Å². The SMILES string of the molecule is NC(=O)C(=C([NH2+]CC1CCNCC1)c1ccncc1)c1ccc(Cl)cc1. The summed E-state index contributed by atoms with van der Waals surface area (Å²) in [4.78, 5) is 16.4. The predicted octanol–water partition coefficient (Wildman–Crippen LogP) is 1.65. The van der Waals surface area contributed by atoms with E-state index in [1.807, 2.05) is 24.3 Å².